The Hall–Kier alpha value is -0.136. The zero-order valence-electron chi connectivity index (χ0n) is 14.4. The van der Waals surface area contributed by atoms with Crippen molar-refractivity contribution >= 4 is 28.2 Å². The summed E-state index contributed by atoms with van der Waals surface area (Å²) in [4.78, 5) is 0. The van der Waals surface area contributed by atoms with Gasteiger partial charge in [-0.3, -0.25) is 0 Å². The lowest BCUT2D eigenvalue weighted by atomic mass is 10.0. The average Bonchev–Trinajstić information content (AvgIpc) is 2.32. The molecule has 0 N–H and O–H groups in total. The molecule has 0 radical (unpaired) electrons. The molecule has 2 atom stereocenters. The molecular formula is C16H29ClO2Si2. The SMILES string of the molecule is CC[C@@H](O[Si](C)(C)C)[C@H](O[Si](C)(C)C)c1ccccc1Cl. The summed E-state index contributed by atoms with van der Waals surface area (Å²) >= 11 is 6.41. The van der Waals surface area contributed by atoms with Crippen LogP contribution in [0.4, 0.5) is 0 Å². The molecule has 1 rings (SSSR count). The van der Waals surface area contributed by atoms with Gasteiger partial charge < -0.3 is 8.85 Å². The molecule has 0 aliphatic rings. The molecule has 0 aromatic heterocycles. The maximum Gasteiger partial charge on any atom is 0.184 e. The quantitative estimate of drug-likeness (QED) is 0.576. The van der Waals surface area contributed by atoms with Crippen LogP contribution < -0.4 is 0 Å². The topological polar surface area (TPSA) is 18.5 Å². The molecular weight excluding hydrogens is 316 g/mol. The van der Waals surface area contributed by atoms with E-state index in [0.29, 0.717) is 0 Å². The van der Waals surface area contributed by atoms with Crippen LogP contribution in [0.15, 0.2) is 24.3 Å². The third-order valence-corrected chi connectivity index (χ3v) is 5.25. The predicted octanol–water partition coefficient (Wildman–Crippen LogP) is 5.86. The largest absolute Gasteiger partial charge is 0.412 e. The van der Waals surface area contributed by atoms with E-state index < -0.39 is 16.6 Å². The molecule has 0 spiro atoms. The van der Waals surface area contributed by atoms with Gasteiger partial charge >= 0.3 is 0 Å². The monoisotopic (exact) mass is 344 g/mol. The normalized spacial score (nSPS) is 15.8. The van der Waals surface area contributed by atoms with E-state index in [-0.39, 0.29) is 12.2 Å². The summed E-state index contributed by atoms with van der Waals surface area (Å²) in [6.45, 7) is 15.4. The molecule has 0 saturated heterocycles. The minimum absolute atomic E-state index is 0.0586. The van der Waals surface area contributed by atoms with Gasteiger partial charge in [-0.15, -0.1) is 0 Å². The lowest BCUT2D eigenvalue weighted by Crippen LogP contribution is -2.40. The van der Waals surface area contributed by atoms with E-state index in [1.807, 2.05) is 18.2 Å². The highest BCUT2D eigenvalue weighted by Crippen LogP contribution is 2.34. The van der Waals surface area contributed by atoms with Crippen molar-refractivity contribution in [2.24, 2.45) is 0 Å². The summed E-state index contributed by atoms with van der Waals surface area (Å²) < 4.78 is 12.8. The number of rotatable bonds is 7. The molecule has 0 unspecified atom stereocenters. The molecule has 21 heavy (non-hydrogen) atoms. The van der Waals surface area contributed by atoms with E-state index in [2.05, 4.69) is 52.3 Å². The van der Waals surface area contributed by atoms with Crippen LogP contribution in [0.3, 0.4) is 0 Å². The van der Waals surface area contributed by atoms with Gasteiger partial charge in [-0.25, -0.2) is 0 Å². The lowest BCUT2D eigenvalue weighted by Gasteiger charge is -2.36. The fourth-order valence-electron chi connectivity index (χ4n) is 2.24. The Morgan fingerprint density at radius 1 is 0.952 bits per heavy atom. The third-order valence-electron chi connectivity index (χ3n) is 2.94. The standard InChI is InChI=1S/C16H29ClO2Si2/c1-8-15(18-20(2,3)4)16(19-21(5,6)7)13-11-9-10-12-14(13)17/h9-12,15-16H,8H2,1-7H3/t15-,16-/m1/s1. The van der Waals surface area contributed by atoms with Crippen LogP contribution in [-0.2, 0) is 8.85 Å². The first-order chi connectivity index (χ1) is 9.53. The second kappa shape index (κ2) is 7.42. The second-order valence-electron chi connectivity index (χ2n) is 7.35. The summed E-state index contributed by atoms with van der Waals surface area (Å²) in [6, 6.07) is 7.96. The summed E-state index contributed by atoms with van der Waals surface area (Å²) in [5.41, 5.74) is 1.05. The van der Waals surface area contributed by atoms with Crippen molar-refractivity contribution in [3.8, 4) is 0 Å². The molecule has 0 heterocycles. The number of benzene rings is 1. The molecule has 1 aromatic carbocycles. The van der Waals surface area contributed by atoms with Gasteiger partial charge in [0.05, 0.1) is 12.2 Å². The molecule has 0 bridgehead atoms. The van der Waals surface area contributed by atoms with Crippen molar-refractivity contribution in [2.75, 3.05) is 0 Å². The zero-order valence-corrected chi connectivity index (χ0v) is 17.1. The Kier molecular flexibility index (Phi) is 6.68. The zero-order chi connectivity index (χ0) is 16.3. The molecule has 120 valence electrons. The van der Waals surface area contributed by atoms with Crippen molar-refractivity contribution in [2.45, 2.75) is 64.8 Å². The van der Waals surface area contributed by atoms with Crippen LogP contribution >= 0.6 is 11.6 Å². The summed E-state index contributed by atoms with van der Waals surface area (Å²) in [5, 5.41) is 0.762. The first kappa shape index (κ1) is 18.9. The van der Waals surface area contributed by atoms with Gasteiger partial charge in [-0.2, -0.15) is 0 Å². The minimum atomic E-state index is -1.70. The van der Waals surface area contributed by atoms with Crippen LogP contribution in [0, 0.1) is 0 Å². The van der Waals surface area contributed by atoms with Gasteiger partial charge in [0.2, 0.25) is 0 Å². The Labute approximate surface area is 137 Å². The first-order valence-electron chi connectivity index (χ1n) is 7.63. The van der Waals surface area contributed by atoms with E-state index in [1.54, 1.807) is 0 Å². The van der Waals surface area contributed by atoms with Gasteiger partial charge in [0.1, 0.15) is 0 Å². The summed E-state index contributed by atoms with van der Waals surface area (Å²) in [7, 11) is -3.34. The van der Waals surface area contributed by atoms with Crippen molar-refractivity contribution in [1.29, 1.82) is 0 Å². The Bertz CT molecular complexity index is 452. The molecule has 5 heteroatoms. The first-order valence-corrected chi connectivity index (χ1v) is 14.8. The highest BCUT2D eigenvalue weighted by molar-refractivity contribution is 6.70. The maximum atomic E-state index is 6.46. The van der Waals surface area contributed by atoms with E-state index in [9.17, 15) is 0 Å². The van der Waals surface area contributed by atoms with E-state index >= 15 is 0 Å². The van der Waals surface area contributed by atoms with Crippen molar-refractivity contribution in [3.05, 3.63) is 34.9 Å². The molecule has 2 nitrogen and oxygen atoms in total. The fraction of sp³-hybridized carbons (Fsp3) is 0.625. The number of hydrogen-bond donors (Lipinski definition) is 0. The Morgan fingerprint density at radius 2 is 1.48 bits per heavy atom. The van der Waals surface area contributed by atoms with Crippen LogP contribution in [0.5, 0.6) is 0 Å². The molecule has 0 amide bonds. The average molecular weight is 345 g/mol. The van der Waals surface area contributed by atoms with Gasteiger partial charge in [0.25, 0.3) is 0 Å². The molecule has 1 aromatic rings. The smallest absolute Gasteiger partial charge is 0.184 e. The second-order valence-corrected chi connectivity index (χ2v) is 16.7. The molecule has 0 aliphatic heterocycles. The van der Waals surface area contributed by atoms with E-state index in [1.165, 1.54) is 0 Å². The predicted molar refractivity (Wildman–Crippen MR) is 97.1 cm³/mol. The van der Waals surface area contributed by atoms with Crippen molar-refractivity contribution in [3.63, 3.8) is 0 Å². The summed E-state index contributed by atoms with van der Waals surface area (Å²) in [5.74, 6) is 0. The molecule has 0 saturated carbocycles. The number of halogens is 1. The maximum absolute atomic E-state index is 6.46. The van der Waals surface area contributed by atoms with Gasteiger partial charge in [0.15, 0.2) is 16.6 Å². The minimum Gasteiger partial charge on any atom is -0.412 e. The van der Waals surface area contributed by atoms with Crippen LogP contribution in [-0.4, -0.2) is 22.7 Å². The lowest BCUT2D eigenvalue weighted by molar-refractivity contribution is 0.0407. The number of hydrogen-bond acceptors (Lipinski definition) is 2. The van der Waals surface area contributed by atoms with Crippen LogP contribution in [0.2, 0.25) is 44.3 Å². The third kappa shape index (κ3) is 6.65. The molecule has 0 fully saturated rings. The van der Waals surface area contributed by atoms with Crippen molar-refractivity contribution in [1.82, 2.24) is 0 Å². The Balaban J connectivity index is 3.15. The van der Waals surface area contributed by atoms with Gasteiger partial charge in [-0.05, 0) is 51.8 Å². The Morgan fingerprint density at radius 3 is 1.90 bits per heavy atom. The van der Waals surface area contributed by atoms with E-state index in [4.69, 9.17) is 20.5 Å². The fourth-order valence-corrected chi connectivity index (χ4v) is 4.72. The molecule has 0 aliphatic carbocycles. The highest BCUT2D eigenvalue weighted by atomic mass is 35.5. The summed E-state index contributed by atoms with van der Waals surface area (Å²) in [6.07, 6.45) is 0.898. The van der Waals surface area contributed by atoms with Crippen LogP contribution in [0.1, 0.15) is 25.0 Å². The van der Waals surface area contributed by atoms with E-state index in [0.717, 1.165) is 17.0 Å². The highest BCUT2D eigenvalue weighted by Gasteiger charge is 2.33. The van der Waals surface area contributed by atoms with Crippen molar-refractivity contribution < 1.29 is 8.85 Å². The van der Waals surface area contributed by atoms with Gasteiger partial charge in [0, 0.05) is 10.6 Å². The van der Waals surface area contributed by atoms with Gasteiger partial charge in [-0.1, -0.05) is 36.7 Å². The van der Waals surface area contributed by atoms with Crippen LogP contribution in [0.25, 0.3) is 0 Å².